The molecule has 1 N–H and O–H groups in total. The van der Waals surface area contributed by atoms with E-state index in [1.165, 1.54) is 4.90 Å². The summed E-state index contributed by atoms with van der Waals surface area (Å²) >= 11 is 0. The molecule has 2 aliphatic heterocycles. The van der Waals surface area contributed by atoms with Crippen LogP contribution >= 0.6 is 0 Å². The summed E-state index contributed by atoms with van der Waals surface area (Å²) in [5, 5.41) is 2.94. The van der Waals surface area contributed by atoms with Crippen LogP contribution in [0.15, 0.2) is 42.5 Å². The molecule has 1 spiro atoms. The van der Waals surface area contributed by atoms with E-state index in [1.807, 2.05) is 56.3 Å². The lowest BCUT2D eigenvalue weighted by molar-refractivity contribution is -0.133. The quantitative estimate of drug-likeness (QED) is 0.858. The Morgan fingerprint density at radius 1 is 1.16 bits per heavy atom. The maximum Gasteiger partial charge on any atom is 0.325 e. The summed E-state index contributed by atoms with van der Waals surface area (Å²) in [4.78, 5) is 27.2. The molecule has 3 amide bonds. The number of hydrogen-bond acceptors (Lipinski definition) is 3. The van der Waals surface area contributed by atoms with Gasteiger partial charge in [-0.1, -0.05) is 42.0 Å². The van der Waals surface area contributed by atoms with Crippen LogP contribution in [0.2, 0.25) is 0 Å². The van der Waals surface area contributed by atoms with Gasteiger partial charge in [-0.2, -0.15) is 0 Å². The fourth-order valence-electron chi connectivity index (χ4n) is 3.66. The molecule has 5 nitrogen and oxygen atoms in total. The predicted molar refractivity (Wildman–Crippen MR) is 93.2 cm³/mol. The van der Waals surface area contributed by atoms with Crippen LogP contribution < -0.4 is 10.1 Å². The van der Waals surface area contributed by atoms with Crippen molar-refractivity contribution in [2.24, 2.45) is 0 Å². The minimum Gasteiger partial charge on any atom is -0.493 e. The molecule has 1 atom stereocenters. The zero-order valence-corrected chi connectivity index (χ0v) is 14.3. The Morgan fingerprint density at radius 2 is 1.96 bits per heavy atom. The number of aryl methyl sites for hydroxylation is 2. The Hall–Kier alpha value is -2.82. The van der Waals surface area contributed by atoms with Gasteiger partial charge in [0.2, 0.25) is 0 Å². The van der Waals surface area contributed by atoms with Gasteiger partial charge in [0.05, 0.1) is 13.2 Å². The number of para-hydroxylation sites is 1. The van der Waals surface area contributed by atoms with E-state index in [0.717, 1.165) is 22.3 Å². The molecule has 0 aliphatic carbocycles. The molecule has 2 heterocycles. The van der Waals surface area contributed by atoms with Crippen molar-refractivity contribution in [3.63, 3.8) is 0 Å². The van der Waals surface area contributed by atoms with Crippen molar-refractivity contribution >= 4 is 11.9 Å². The highest BCUT2D eigenvalue weighted by Gasteiger charge is 2.54. The number of imide groups is 1. The van der Waals surface area contributed by atoms with E-state index in [4.69, 9.17) is 4.74 Å². The molecule has 0 radical (unpaired) electrons. The second-order valence-corrected chi connectivity index (χ2v) is 6.75. The van der Waals surface area contributed by atoms with Gasteiger partial charge in [0.15, 0.2) is 5.54 Å². The van der Waals surface area contributed by atoms with Gasteiger partial charge in [0.25, 0.3) is 5.91 Å². The van der Waals surface area contributed by atoms with Crippen molar-refractivity contribution in [2.45, 2.75) is 32.4 Å². The first-order chi connectivity index (χ1) is 12.0. The third-order valence-electron chi connectivity index (χ3n) is 5.09. The first-order valence-electron chi connectivity index (χ1n) is 8.44. The topological polar surface area (TPSA) is 58.6 Å². The summed E-state index contributed by atoms with van der Waals surface area (Å²) in [6.45, 7) is 4.68. The molecule has 2 aromatic carbocycles. The Morgan fingerprint density at radius 3 is 2.80 bits per heavy atom. The highest BCUT2D eigenvalue weighted by molar-refractivity contribution is 6.07. The van der Waals surface area contributed by atoms with Crippen molar-refractivity contribution < 1.29 is 14.3 Å². The van der Waals surface area contributed by atoms with Crippen LogP contribution in [0.3, 0.4) is 0 Å². The highest BCUT2D eigenvalue weighted by Crippen LogP contribution is 2.41. The highest BCUT2D eigenvalue weighted by atomic mass is 16.5. The van der Waals surface area contributed by atoms with Crippen molar-refractivity contribution in [1.82, 2.24) is 10.2 Å². The number of nitrogens with one attached hydrogen (secondary N) is 1. The van der Waals surface area contributed by atoms with Gasteiger partial charge in [0.1, 0.15) is 5.75 Å². The minimum absolute atomic E-state index is 0.200. The summed E-state index contributed by atoms with van der Waals surface area (Å²) in [5.41, 5.74) is 2.89. The lowest BCUT2D eigenvalue weighted by atomic mass is 9.84. The molecule has 2 aliphatic rings. The van der Waals surface area contributed by atoms with Gasteiger partial charge in [-0.25, -0.2) is 4.79 Å². The average Bonchev–Trinajstić information content (AvgIpc) is 2.83. The molecule has 0 bridgehead atoms. The fraction of sp³-hybridized carbons (Fsp3) is 0.300. The third-order valence-corrected chi connectivity index (χ3v) is 5.09. The van der Waals surface area contributed by atoms with Gasteiger partial charge < -0.3 is 10.1 Å². The minimum atomic E-state index is -1.01. The smallest absolute Gasteiger partial charge is 0.325 e. The van der Waals surface area contributed by atoms with Crippen LogP contribution in [0.4, 0.5) is 4.79 Å². The lowest BCUT2D eigenvalue weighted by Gasteiger charge is -2.33. The van der Waals surface area contributed by atoms with E-state index in [1.54, 1.807) is 0 Å². The molecule has 5 heteroatoms. The largest absolute Gasteiger partial charge is 0.493 e. The van der Waals surface area contributed by atoms with Crippen LogP contribution in [0.25, 0.3) is 0 Å². The number of ether oxygens (including phenoxy) is 1. The Kier molecular flexibility index (Phi) is 3.53. The van der Waals surface area contributed by atoms with E-state index >= 15 is 0 Å². The van der Waals surface area contributed by atoms with Crippen LogP contribution in [0.5, 0.6) is 5.75 Å². The maximum atomic E-state index is 13.2. The monoisotopic (exact) mass is 336 g/mol. The number of fused-ring (bicyclic) bond motifs is 2. The average molecular weight is 336 g/mol. The van der Waals surface area contributed by atoms with Gasteiger partial charge in [-0.15, -0.1) is 0 Å². The number of carbonyl (C=O) groups excluding carboxylic acids is 2. The molecule has 2 aromatic rings. The normalized spacial score (nSPS) is 21.9. The fourth-order valence-corrected chi connectivity index (χ4v) is 3.66. The van der Waals surface area contributed by atoms with Crippen molar-refractivity contribution in [3.8, 4) is 5.75 Å². The van der Waals surface area contributed by atoms with E-state index in [2.05, 4.69) is 5.32 Å². The summed E-state index contributed by atoms with van der Waals surface area (Å²) in [5.74, 6) is 0.463. The Bertz CT molecular complexity index is 877. The van der Waals surface area contributed by atoms with E-state index in [0.29, 0.717) is 18.8 Å². The molecule has 0 unspecified atom stereocenters. The first kappa shape index (κ1) is 15.7. The number of hydrogen-bond donors (Lipinski definition) is 1. The molecular formula is C20H20N2O3. The lowest BCUT2D eigenvalue weighted by Crippen LogP contribution is -2.47. The third kappa shape index (κ3) is 2.38. The maximum absolute atomic E-state index is 13.2. The Labute approximate surface area is 146 Å². The summed E-state index contributed by atoms with van der Waals surface area (Å²) in [6.07, 6.45) is 0.442. The van der Waals surface area contributed by atoms with Gasteiger partial charge in [-0.05, 0) is 31.0 Å². The van der Waals surface area contributed by atoms with Gasteiger partial charge in [-0.3, -0.25) is 9.69 Å². The molecule has 0 aromatic heterocycles. The number of carbonyl (C=O) groups is 2. The van der Waals surface area contributed by atoms with Crippen LogP contribution in [-0.4, -0.2) is 23.4 Å². The zero-order chi connectivity index (χ0) is 17.6. The molecule has 25 heavy (non-hydrogen) atoms. The van der Waals surface area contributed by atoms with Gasteiger partial charge >= 0.3 is 6.03 Å². The molecule has 1 fully saturated rings. The van der Waals surface area contributed by atoms with Crippen LogP contribution in [0.1, 0.15) is 28.7 Å². The van der Waals surface area contributed by atoms with Crippen molar-refractivity contribution in [3.05, 3.63) is 64.7 Å². The molecule has 128 valence electrons. The standard InChI is InChI=1S/C20H20N2O3/c1-13-7-8-14(2)15(11-13)12-22-18(23)20(21-19(22)24)9-10-25-17-6-4-3-5-16(17)20/h3-8,11H,9-10,12H2,1-2H3,(H,21,24)/t20-/m1/s1. The summed E-state index contributed by atoms with van der Waals surface area (Å²) in [6, 6.07) is 13.1. The summed E-state index contributed by atoms with van der Waals surface area (Å²) < 4.78 is 5.66. The Balaban J connectivity index is 1.71. The van der Waals surface area contributed by atoms with E-state index < -0.39 is 5.54 Å². The molecule has 1 saturated heterocycles. The molecular weight excluding hydrogens is 316 g/mol. The van der Waals surface area contributed by atoms with Gasteiger partial charge in [0, 0.05) is 12.0 Å². The summed E-state index contributed by atoms with van der Waals surface area (Å²) in [7, 11) is 0. The number of urea groups is 1. The second kappa shape index (κ2) is 5.62. The van der Waals surface area contributed by atoms with Crippen LogP contribution in [0, 0.1) is 13.8 Å². The number of rotatable bonds is 2. The predicted octanol–water partition coefficient (Wildman–Crippen LogP) is 3.03. The second-order valence-electron chi connectivity index (χ2n) is 6.75. The van der Waals surface area contributed by atoms with E-state index in [-0.39, 0.29) is 18.5 Å². The number of nitrogens with zero attached hydrogens (tertiary/aromatic N) is 1. The van der Waals surface area contributed by atoms with Crippen molar-refractivity contribution in [1.29, 1.82) is 0 Å². The molecule has 4 rings (SSSR count). The number of benzene rings is 2. The first-order valence-corrected chi connectivity index (χ1v) is 8.44. The van der Waals surface area contributed by atoms with E-state index in [9.17, 15) is 9.59 Å². The van der Waals surface area contributed by atoms with Crippen LogP contribution in [-0.2, 0) is 16.9 Å². The van der Waals surface area contributed by atoms with Crippen molar-refractivity contribution in [2.75, 3.05) is 6.61 Å². The molecule has 0 saturated carbocycles. The zero-order valence-electron chi connectivity index (χ0n) is 14.3. The number of amides is 3. The SMILES string of the molecule is Cc1ccc(C)c(CN2C(=O)N[C@@]3(CCOc4ccccc43)C2=O)c1.